The van der Waals surface area contributed by atoms with E-state index in [1.165, 1.54) is 30.8 Å². The van der Waals surface area contributed by atoms with Gasteiger partial charge in [0.25, 0.3) is 0 Å². The molecule has 0 fully saturated rings. The molecule has 0 saturated carbocycles. The topological polar surface area (TPSA) is 116 Å². The van der Waals surface area contributed by atoms with Gasteiger partial charge in [0.05, 0.1) is 0 Å². The summed E-state index contributed by atoms with van der Waals surface area (Å²) in [5.41, 5.74) is 2.83. The van der Waals surface area contributed by atoms with Gasteiger partial charge in [-0.1, -0.05) is 0 Å². The summed E-state index contributed by atoms with van der Waals surface area (Å²) in [6, 6.07) is 40.7. The van der Waals surface area contributed by atoms with Crippen LogP contribution in [-0.2, 0) is 19.2 Å². The molecule has 0 radical (unpaired) electrons. The van der Waals surface area contributed by atoms with Crippen LogP contribution < -0.4 is 27.8 Å². The van der Waals surface area contributed by atoms with Crippen LogP contribution >= 0.6 is 34.1 Å². The fourth-order valence-corrected chi connectivity index (χ4v) is 45.5. The van der Waals surface area contributed by atoms with Crippen LogP contribution in [0.4, 0.5) is 22.7 Å². The van der Waals surface area contributed by atoms with Crippen molar-refractivity contribution in [3.8, 4) is 0 Å². The molecule has 0 saturated heterocycles. The summed E-state index contributed by atoms with van der Waals surface area (Å²) in [4.78, 5) is 51.8. The average Bonchev–Trinajstić information content (AvgIpc) is 3.22. The predicted octanol–water partition coefficient (Wildman–Crippen LogP) is 8.74. The fourth-order valence-electron chi connectivity index (χ4n) is 4.50. The zero-order valence-corrected chi connectivity index (χ0v) is 40.1. The quantitative estimate of drug-likeness (QED) is 0.0509. The zero-order chi connectivity index (χ0) is 39.9. The molecule has 4 N–H and O–H groups in total. The zero-order valence-electron chi connectivity index (χ0n) is 29.8. The minimum absolute atomic E-state index is 0.256. The molecule has 0 heterocycles. The Morgan fingerprint density at radius 3 is 0.732 bits per heavy atom. The molecule has 0 aliphatic carbocycles. The molecule has 14 heteroatoms. The molecule has 0 aliphatic heterocycles. The van der Waals surface area contributed by atoms with Crippen molar-refractivity contribution in [2.24, 2.45) is 0 Å². The van der Waals surface area contributed by atoms with E-state index in [9.17, 15) is 19.2 Å². The van der Waals surface area contributed by atoms with Crippen LogP contribution in [0, 0.1) is 0 Å². The molecule has 0 spiro atoms. The number of anilines is 4. The van der Waals surface area contributed by atoms with Crippen LogP contribution in [0.5, 0.6) is 0 Å². The molecule has 0 aromatic heterocycles. The summed E-state index contributed by atoms with van der Waals surface area (Å²) in [6.07, 6.45) is 5.00. The van der Waals surface area contributed by atoms with Gasteiger partial charge in [-0.25, -0.2) is 0 Å². The van der Waals surface area contributed by atoms with Crippen molar-refractivity contribution in [3.05, 3.63) is 172 Å². The maximum atomic E-state index is 11.8. The molecule has 5 rings (SSSR count). The number of benzene rings is 5. The Hall–Kier alpha value is -3.89. The van der Waals surface area contributed by atoms with Crippen LogP contribution in [0.15, 0.2) is 192 Å². The normalized spacial score (nSPS) is 10.6. The first-order valence-electron chi connectivity index (χ1n) is 16.7. The molecule has 4 amide bonds. The SMILES string of the molecule is C=CC(=O)Nc1ccc([S][Bi]([S]c2ccc(NC(=O)C=C)cc2)[c]2cc[c]([Bi]([S]c3ccc(NC(=O)C=C)cc3)[S]c3ccc(NC(=O)C=C)cc3)cc2)cc1. The van der Waals surface area contributed by atoms with Gasteiger partial charge in [0.1, 0.15) is 0 Å². The molecular weight excluding hydrogens is 1170 g/mol. The van der Waals surface area contributed by atoms with Gasteiger partial charge in [0, 0.05) is 0 Å². The molecule has 0 aliphatic rings. The Kier molecular flexibility index (Phi) is 17.1. The summed E-state index contributed by atoms with van der Waals surface area (Å²) in [6.45, 7) is 14.1. The van der Waals surface area contributed by atoms with Gasteiger partial charge in [0.2, 0.25) is 0 Å². The second-order valence-corrected chi connectivity index (χ2v) is 47.3. The van der Waals surface area contributed by atoms with Crippen LogP contribution in [0.3, 0.4) is 0 Å². The van der Waals surface area contributed by atoms with Crippen LogP contribution in [0.1, 0.15) is 0 Å². The van der Waals surface area contributed by atoms with E-state index in [0.29, 0.717) is 22.7 Å². The Bertz CT molecular complexity index is 1910. The van der Waals surface area contributed by atoms with Gasteiger partial charge in [-0.15, -0.1) is 0 Å². The summed E-state index contributed by atoms with van der Waals surface area (Å²) in [5, 5.41) is 11.3. The van der Waals surface area contributed by atoms with Crippen LogP contribution in [-0.4, -0.2) is 61.3 Å². The monoisotopic (exact) mass is 1210 g/mol. The van der Waals surface area contributed by atoms with Gasteiger partial charge in [-0.05, 0) is 0 Å². The van der Waals surface area contributed by atoms with Crippen molar-refractivity contribution >= 4 is 125 Å². The number of hydrogen-bond donors (Lipinski definition) is 4. The van der Waals surface area contributed by atoms with Crippen molar-refractivity contribution in [1.29, 1.82) is 0 Å². The molecule has 0 atom stereocenters. The van der Waals surface area contributed by atoms with Gasteiger partial charge >= 0.3 is 357 Å². The Morgan fingerprint density at radius 1 is 0.357 bits per heavy atom. The Balaban J connectivity index is 1.42. The molecule has 282 valence electrons. The van der Waals surface area contributed by atoms with E-state index in [4.69, 9.17) is 0 Å². The molecule has 0 bridgehead atoms. The first-order chi connectivity index (χ1) is 27.1. The number of rotatable bonds is 18. The van der Waals surface area contributed by atoms with Crippen LogP contribution in [0.2, 0.25) is 0 Å². The van der Waals surface area contributed by atoms with E-state index in [1.54, 1.807) is 0 Å². The van der Waals surface area contributed by atoms with E-state index in [-0.39, 0.29) is 23.6 Å². The maximum absolute atomic E-state index is 11.8. The molecule has 56 heavy (non-hydrogen) atoms. The number of nitrogens with one attached hydrogen (secondary N) is 4. The number of hydrogen-bond acceptors (Lipinski definition) is 8. The van der Waals surface area contributed by atoms with E-state index >= 15 is 0 Å². The molecular formula is C42H36Bi2N4O4S4. The number of carbonyl (C=O) groups excluding carboxylic acids is 4. The van der Waals surface area contributed by atoms with Crippen molar-refractivity contribution < 1.29 is 19.2 Å². The fraction of sp³-hybridized carbons (Fsp3) is 0. The number of carbonyl (C=O) groups is 4. The molecule has 5 aromatic carbocycles. The number of amides is 4. The van der Waals surface area contributed by atoms with Crippen molar-refractivity contribution in [2.45, 2.75) is 19.6 Å². The van der Waals surface area contributed by atoms with Crippen molar-refractivity contribution in [1.82, 2.24) is 0 Å². The van der Waals surface area contributed by atoms with Gasteiger partial charge in [-0.2, -0.15) is 0 Å². The average molecular weight is 1210 g/mol. The molecule has 0 unspecified atom stereocenters. The summed E-state index contributed by atoms with van der Waals surface area (Å²) >= 11 is -5.32. The first-order valence-corrected chi connectivity index (χ1v) is 40.3. The first kappa shape index (κ1) is 43.2. The summed E-state index contributed by atoms with van der Waals surface area (Å²) < 4.78 is 2.66. The van der Waals surface area contributed by atoms with E-state index < -0.39 is 37.6 Å². The third-order valence-corrected chi connectivity index (χ3v) is 48.3. The summed E-state index contributed by atoms with van der Waals surface area (Å²) in [7, 11) is 7.63. The second-order valence-electron chi connectivity index (χ2n) is 11.3. The standard InChI is InChI=1S/4C9H9NOS.C6H4.2Bi/c4*1-2-9(11)10-7-3-5-8(12)6-4-7;1-2-4-6-5-3-1;;/h4*2-6,12H,1H2,(H,10,11);1-2,5-6H;;/q;;;;;2*+2/p-4. The van der Waals surface area contributed by atoms with Crippen molar-refractivity contribution in [3.63, 3.8) is 0 Å². The van der Waals surface area contributed by atoms with E-state index in [0.717, 1.165) is 19.6 Å². The van der Waals surface area contributed by atoms with Gasteiger partial charge < -0.3 is 0 Å². The van der Waals surface area contributed by atoms with Gasteiger partial charge in [0.15, 0.2) is 0 Å². The van der Waals surface area contributed by atoms with E-state index in [1.807, 2.05) is 131 Å². The van der Waals surface area contributed by atoms with Crippen molar-refractivity contribution in [2.75, 3.05) is 21.3 Å². The molecule has 5 aromatic rings. The third-order valence-electron chi connectivity index (χ3n) is 7.25. The second kappa shape index (κ2) is 22.2. The molecule has 8 nitrogen and oxygen atoms in total. The van der Waals surface area contributed by atoms with Gasteiger partial charge in [-0.3, -0.25) is 0 Å². The Morgan fingerprint density at radius 2 is 0.554 bits per heavy atom. The minimum atomic E-state index is -2.66. The van der Waals surface area contributed by atoms with E-state index in [2.05, 4.69) is 71.8 Å². The summed E-state index contributed by atoms with van der Waals surface area (Å²) in [5.74, 6) is -1.02. The third kappa shape index (κ3) is 13.6. The Labute approximate surface area is 352 Å². The van der Waals surface area contributed by atoms with Crippen LogP contribution in [0.25, 0.3) is 0 Å². The predicted molar refractivity (Wildman–Crippen MR) is 242 cm³/mol.